The molecule has 15 heavy (non-hydrogen) atoms. The standard InChI is InChI=1S/C12H28N2O/c1-7-14(9-12(15)10(2)3)11(4)8-13(5)6/h10-12,15H,7-9H2,1-6H3. The second kappa shape index (κ2) is 7.20. The second-order valence-electron chi connectivity index (χ2n) is 5.01. The molecule has 0 bridgehead atoms. The lowest BCUT2D eigenvalue weighted by Crippen LogP contribution is -2.44. The van der Waals surface area contributed by atoms with Crippen LogP contribution >= 0.6 is 0 Å². The van der Waals surface area contributed by atoms with Crippen LogP contribution in [0.5, 0.6) is 0 Å². The van der Waals surface area contributed by atoms with Crippen LogP contribution in [-0.2, 0) is 0 Å². The molecule has 0 radical (unpaired) electrons. The minimum atomic E-state index is -0.213. The van der Waals surface area contributed by atoms with Crippen LogP contribution in [-0.4, -0.2) is 60.8 Å². The van der Waals surface area contributed by atoms with Crippen molar-refractivity contribution in [2.24, 2.45) is 5.92 Å². The fraction of sp³-hybridized carbons (Fsp3) is 1.00. The molecular weight excluding hydrogens is 188 g/mol. The van der Waals surface area contributed by atoms with Gasteiger partial charge >= 0.3 is 0 Å². The molecule has 0 aromatic rings. The molecule has 0 aliphatic heterocycles. The summed E-state index contributed by atoms with van der Waals surface area (Å²) >= 11 is 0. The molecule has 2 atom stereocenters. The first kappa shape index (κ1) is 14.9. The molecule has 0 aromatic heterocycles. The van der Waals surface area contributed by atoms with E-state index in [4.69, 9.17) is 0 Å². The maximum Gasteiger partial charge on any atom is 0.0690 e. The zero-order chi connectivity index (χ0) is 12.0. The number of aliphatic hydroxyl groups excluding tert-OH is 1. The Morgan fingerprint density at radius 2 is 1.60 bits per heavy atom. The van der Waals surface area contributed by atoms with Crippen molar-refractivity contribution in [1.29, 1.82) is 0 Å². The van der Waals surface area contributed by atoms with Gasteiger partial charge in [-0.3, -0.25) is 4.90 Å². The van der Waals surface area contributed by atoms with Crippen LogP contribution in [0.1, 0.15) is 27.7 Å². The van der Waals surface area contributed by atoms with E-state index in [1.54, 1.807) is 0 Å². The van der Waals surface area contributed by atoms with Gasteiger partial charge < -0.3 is 10.0 Å². The van der Waals surface area contributed by atoms with Crippen LogP contribution in [0.2, 0.25) is 0 Å². The first-order valence-corrected chi connectivity index (χ1v) is 5.95. The minimum absolute atomic E-state index is 0.213. The summed E-state index contributed by atoms with van der Waals surface area (Å²) in [4.78, 5) is 4.53. The average Bonchev–Trinajstić information content (AvgIpc) is 2.11. The van der Waals surface area contributed by atoms with Gasteiger partial charge in [0.05, 0.1) is 6.10 Å². The maximum atomic E-state index is 9.86. The quantitative estimate of drug-likeness (QED) is 0.694. The van der Waals surface area contributed by atoms with Crippen molar-refractivity contribution < 1.29 is 5.11 Å². The number of aliphatic hydroxyl groups is 1. The summed E-state index contributed by atoms with van der Waals surface area (Å²) in [5.74, 6) is 0.339. The van der Waals surface area contributed by atoms with E-state index in [0.29, 0.717) is 12.0 Å². The third-order valence-corrected chi connectivity index (χ3v) is 2.85. The van der Waals surface area contributed by atoms with Crippen molar-refractivity contribution in [2.75, 3.05) is 33.7 Å². The van der Waals surface area contributed by atoms with E-state index in [1.165, 1.54) is 0 Å². The molecule has 0 aromatic carbocycles. The molecule has 0 spiro atoms. The molecule has 1 N–H and O–H groups in total. The van der Waals surface area contributed by atoms with Crippen molar-refractivity contribution in [3.05, 3.63) is 0 Å². The predicted octanol–water partition coefficient (Wildman–Crippen LogP) is 1.28. The summed E-state index contributed by atoms with van der Waals surface area (Å²) in [6.45, 7) is 11.3. The summed E-state index contributed by atoms with van der Waals surface area (Å²) in [6, 6.07) is 0.499. The van der Waals surface area contributed by atoms with E-state index in [-0.39, 0.29) is 6.10 Å². The van der Waals surface area contributed by atoms with Crippen LogP contribution in [0, 0.1) is 5.92 Å². The Morgan fingerprint density at radius 3 is 1.93 bits per heavy atom. The molecule has 0 saturated heterocycles. The fourth-order valence-electron chi connectivity index (χ4n) is 1.72. The molecule has 0 aliphatic carbocycles. The summed E-state index contributed by atoms with van der Waals surface area (Å²) in [7, 11) is 4.17. The molecule has 92 valence electrons. The lowest BCUT2D eigenvalue weighted by molar-refractivity contribution is 0.0574. The number of hydrogen-bond acceptors (Lipinski definition) is 3. The summed E-state index contributed by atoms with van der Waals surface area (Å²) in [5.41, 5.74) is 0. The molecule has 3 heteroatoms. The number of hydrogen-bond donors (Lipinski definition) is 1. The van der Waals surface area contributed by atoms with E-state index < -0.39 is 0 Å². The number of likely N-dealkylation sites (N-methyl/N-ethyl adjacent to an activating group) is 2. The first-order valence-electron chi connectivity index (χ1n) is 5.95. The van der Waals surface area contributed by atoms with Crippen LogP contribution in [0.4, 0.5) is 0 Å². The summed E-state index contributed by atoms with van der Waals surface area (Å²) in [5, 5.41) is 9.86. The van der Waals surface area contributed by atoms with E-state index in [9.17, 15) is 5.11 Å². The third-order valence-electron chi connectivity index (χ3n) is 2.85. The molecule has 0 saturated carbocycles. The van der Waals surface area contributed by atoms with Gasteiger partial charge in [0, 0.05) is 19.1 Å². The highest BCUT2D eigenvalue weighted by Crippen LogP contribution is 2.07. The molecule has 0 rings (SSSR count). The smallest absolute Gasteiger partial charge is 0.0690 e. The zero-order valence-corrected chi connectivity index (χ0v) is 11.2. The highest BCUT2D eigenvalue weighted by Gasteiger charge is 2.18. The largest absolute Gasteiger partial charge is 0.392 e. The molecular formula is C12H28N2O. The number of rotatable bonds is 7. The Balaban J connectivity index is 4.11. The Morgan fingerprint density at radius 1 is 1.07 bits per heavy atom. The van der Waals surface area contributed by atoms with Crippen molar-refractivity contribution in [1.82, 2.24) is 9.80 Å². The number of nitrogens with zero attached hydrogens (tertiary/aromatic N) is 2. The molecule has 2 unspecified atom stereocenters. The van der Waals surface area contributed by atoms with Gasteiger partial charge in [-0.1, -0.05) is 20.8 Å². The van der Waals surface area contributed by atoms with E-state index in [0.717, 1.165) is 19.6 Å². The first-order chi connectivity index (χ1) is 6.88. The van der Waals surface area contributed by atoms with Crippen LogP contribution in [0.3, 0.4) is 0 Å². The van der Waals surface area contributed by atoms with Crippen LogP contribution < -0.4 is 0 Å². The lowest BCUT2D eigenvalue weighted by Gasteiger charge is -2.32. The normalized spacial score (nSPS) is 16.4. The van der Waals surface area contributed by atoms with Gasteiger partial charge in [0.2, 0.25) is 0 Å². The molecule has 0 aliphatic rings. The zero-order valence-electron chi connectivity index (χ0n) is 11.2. The highest BCUT2D eigenvalue weighted by molar-refractivity contribution is 4.73. The molecule has 0 amide bonds. The summed E-state index contributed by atoms with van der Waals surface area (Å²) in [6.07, 6.45) is -0.213. The van der Waals surface area contributed by atoms with Crippen molar-refractivity contribution in [3.8, 4) is 0 Å². The van der Waals surface area contributed by atoms with Crippen molar-refractivity contribution >= 4 is 0 Å². The SMILES string of the molecule is CCN(CC(O)C(C)C)C(C)CN(C)C. The Kier molecular flexibility index (Phi) is 7.14. The van der Waals surface area contributed by atoms with Crippen LogP contribution in [0.25, 0.3) is 0 Å². The van der Waals surface area contributed by atoms with Gasteiger partial charge in [0.1, 0.15) is 0 Å². The Hall–Kier alpha value is -0.120. The van der Waals surface area contributed by atoms with Gasteiger partial charge in [-0.2, -0.15) is 0 Å². The third kappa shape index (κ3) is 6.13. The van der Waals surface area contributed by atoms with Crippen molar-refractivity contribution in [3.63, 3.8) is 0 Å². The van der Waals surface area contributed by atoms with E-state index in [2.05, 4.69) is 51.6 Å². The predicted molar refractivity (Wildman–Crippen MR) is 66.1 cm³/mol. The monoisotopic (exact) mass is 216 g/mol. The Labute approximate surface area is 95.1 Å². The van der Waals surface area contributed by atoms with E-state index in [1.807, 2.05) is 0 Å². The highest BCUT2D eigenvalue weighted by atomic mass is 16.3. The average molecular weight is 216 g/mol. The molecule has 0 fully saturated rings. The maximum absolute atomic E-state index is 9.86. The van der Waals surface area contributed by atoms with Crippen molar-refractivity contribution in [2.45, 2.75) is 39.8 Å². The molecule has 0 heterocycles. The topological polar surface area (TPSA) is 26.7 Å². The van der Waals surface area contributed by atoms with Gasteiger partial charge in [-0.25, -0.2) is 0 Å². The van der Waals surface area contributed by atoms with Gasteiger partial charge in [0.15, 0.2) is 0 Å². The van der Waals surface area contributed by atoms with Gasteiger partial charge in [0.25, 0.3) is 0 Å². The lowest BCUT2D eigenvalue weighted by atomic mass is 10.1. The van der Waals surface area contributed by atoms with Gasteiger partial charge in [-0.15, -0.1) is 0 Å². The van der Waals surface area contributed by atoms with E-state index >= 15 is 0 Å². The minimum Gasteiger partial charge on any atom is -0.392 e. The summed E-state index contributed by atoms with van der Waals surface area (Å²) < 4.78 is 0. The van der Waals surface area contributed by atoms with Gasteiger partial charge in [-0.05, 0) is 33.5 Å². The molecule has 3 nitrogen and oxygen atoms in total. The van der Waals surface area contributed by atoms with Crippen LogP contribution in [0.15, 0.2) is 0 Å². The Bertz CT molecular complexity index is 160. The fourth-order valence-corrected chi connectivity index (χ4v) is 1.72. The second-order valence-corrected chi connectivity index (χ2v) is 5.01.